The third-order valence-electron chi connectivity index (χ3n) is 1.95. The molecule has 0 aliphatic heterocycles. The lowest BCUT2D eigenvalue weighted by atomic mass is 10.2. The summed E-state index contributed by atoms with van der Waals surface area (Å²) in [5.41, 5.74) is -1.54. The maximum atomic E-state index is 13.2. The van der Waals surface area contributed by atoms with Crippen LogP contribution in [0.2, 0.25) is 0 Å². The molecule has 7 heteroatoms. The van der Waals surface area contributed by atoms with E-state index in [1.54, 1.807) is 0 Å². The fraction of sp³-hybridized carbons (Fsp3) is 0. The van der Waals surface area contributed by atoms with Crippen molar-refractivity contribution < 1.29 is 14.4 Å². The van der Waals surface area contributed by atoms with Crippen LogP contribution in [0.5, 0.6) is 0 Å². The van der Waals surface area contributed by atoms with Crippen LogP contribution >= 0.6 is 12.4 Å². The van der Waals surface area contributed by atoms with Gasteiger partial charge in [-0.05, 0) is 12.1 Å². The molecule has 2 aromatic heterocycles. The lowest BCUT2D eigenvalue weighted by molar-refractivity contribution is 0.0693. The maximum absolute atomic E-state index is 13.2. The number of hydrogen-bond acceptors (Lipinski definition) is 3. The Morgan fingerprint density at radius 2 is 2.19 bits per heavy atom. The summed E-state index contributed by atoms with van der Waals surface area (Å²) in [4.78, 5) is 25.8. The van der Waals surface area contributed by atoms with E-state index in [1.807, 2.05) is 0 Å². The number of nitrogens with zero attached hydrogens (tertiary/aromatic N) is 2. The summed E-state index contributed by atoms with van der Waals surface area (Å²) >= 11 is 0. The van der Waals surface area contributed by atoms with Crippen molar-refractivity contribution in [1.82, 2.24) is 9.77 Å². The third-order valence-corrected chi connectivity index (χ3v) is 1.95. The second-order valence-corrected chi connectivity index (χ2v) is 2.86. The Kier molecular flexibility index (Phi) is 3.24. The van der Waals surface area contributed by atoms with Crippen LogP contribution in [0.25, 0.3) is 11.0 Å². The van der Waals surface area contributed by atoms with Gasteiger partial charge in [0.15, 0.2) is 5.65 Å². The first-order chi connectivity index (χ1) is 7.11. The van der Waals surface area contributed by atoms with Crippen molar-refractivity contribution in [3.05, 3.63) is 40.3 Å². The highest BCUT2D eigenvalue weighted by Crippen LogP contribution is 2.08. The van der Waals surface area contributed by atoms with Crippen LogP contribution in [0, 0.1) is 0 Å². The van der Waals surface area contributed by atoms with Crippen LogP contribution in [0.1, 0.15) is 10.4 Å². The van der Waals surface area contributed by atoms with Crippen LogP contribution in [-0.4, -0.2) is 20.8 Å². The zero-order valence-corrected chi connectivity index (χ0v) is 8.57. The molecule has 0 aliphatic carbocycles. The van der Waals surface area contributed by atoms with Gasteiger partial charge in [0.2, 0.25) is 5.43 Å². The Morgan fingerprint density at radius 3 is 2.81 bits per heavy atom. The summed E-state index contributed by atoms with van der Waals surface area (Å²) in [6.07, 6.45) is 1.93. The molecule has 16 heavy (non-hydrogen) atoms. The fourth-order valence-electron chi connectivity index (χ4n) is 1.27. The number of carboxylic acids is 1. The van der Waals surface area contributed by atoms with Crippen LogP contribution in [0.15, 0.2) is 29.3 Å². The molecule has 84 valence electrons. The number of rotatable bonds is 1. The minimum atomic E-state index is -1.46. The number of pyridine rings is 2. The number of carboxylic acid groups (broad SMARTS) is 1. The Morgan fingerprint density at radius 1 is 1.50 bits per heavy atom. The van der Waals surface area contributed by atoms with Gasteiger partial charge in [-0.3, -0.25) is 4.79 Å². The highest BCUT2D eigenvalue weighted by atomic mass is 35.5. The Labute approximate surface area is 94.5 Å². The summed E-state index contributed by atoms with van der Waals surface area (Å²) in [5.74, 6) is -1.46. The van der Waals surface area contributed by atoms with Crippen LogP contribution in [-0.2, 0) is 0 Å². The van der Waals surface area contributed by atoms with Crippen LogP contribution < -0.4 is 5.43 Å². The quantitative estimate of drug-likeness (QED) is 0.819. The lowest BCUT2D eigenvalue weighted by Gasteiger charge is -2.01. The highest BCUT2D eigenvalue weighted by molar-refractivity contribution is 5.91. The second kappa shape index (κ2) is 4.28. The molecule has 2 aromatic rings. The van der Waals surface area contributed by atoms with Gasteiger partial charge in [0.1, 0.15) is 5.56 Å². The molecule has 0 saturated carbocycles. The molecule has 0 fully saturated rings. The lowest BCUT2D eigenvalue weighted by Crippen LogP contribution is -2.17. The minimum absolute atomic E-state index is 0. The molecule has 2 heterocycles. The molecule has 2 rings (SSSR count). The molecule has 0 saturated heterocycles. The largest absolute Gasteiger partial charge is 0.477 e. The number of fused-ring (bicyclic) bond motifs is 1. The van der Waals surface area contributed by atoms with E-state index in [0.29, 0.717) is 6.20 Å². The predicted molar refractivity (Wildman–Crippen MR) is 56.7 cm³/mol. The molecule has 0 unspecified atom stereocenters. The zero-order valence-electron chi connectivity index (χ0n) is 7.75. The fourth-order valence-corrected chi connectivity index (χ4v) is 1.27. The number of halogens is 2. The topological polar surface area (TPSA) is 72.2 Å². The van der Waals surface area contributed by atoms with Crippen LogP contribution in [0.3, 0.4) is 0 Å². The summed E-state index contributed by atoms with van der Waals surface area (Å²) < 4.78 is 13.2. The van der Waals surface area contributed by atoms with Crippen molar-refractivity contribution in [1.29, 1.82) is 0 Å². The van der Waals surface area contributed by atoms with Gasteiger partial charge in [-0.25, -0.2) is 9.78 Å². The van der Waals surface area contributed by atoms with E-state index in [-0.39, 0.29) is 28.2 Å². The summed E-state index contributed by atoms with van der Waals surface area (Å²) in [6, 6.07) is 2.77. The highest BCUT2D eigenvalue weighted by Gasteiger charge is 2.14. The molecule has 0 aliphatic rings. The second-order valence-electron chi connectivity index (χ2n) is 2.86. The van der Waals surface area contributed by atoms with E-state index >= 15 is 0 Å². The maximum Gasteiger partial charge on any atom is 0.341 e. The molecule has 0 bridgehead atoms. The Balaban J connectivity index is 0.00000128. The van der Waals surface area contributed by atoms with Gasteiger partial charge in [-0.1, -0.05) is 4.48 Å². The van der Waals surface area contributed by atoms with Gasteiger partial charge in [0, 0.05) is 6.20 Å². The normalized spacial score (nSPS) is 9.81. The predicted octanol–water partition coefficient (Wildman–Crippen LogP) is 1.25. The number of aromatic carboxylic acids is 1. The summed E-state index contributed by atoms with van der Waals surface area (Å²) in [7, 11) is 0. The van der Waals surface area contributed by atoms with Gasteiger partial charge in [-0.15, -0.1) is 12.4 Å². The molecular formula is C9H6ClFN2O3. The van der Waals surface area contributed by atoms with Gasteiger partial charge in [0.05, 0.1) is 11.6 Å². The first-order valence-corrected chi connectivity index (χ1v) is 4.01. The number of aromatic nitrogens is 2. The Bertz CT molecular complexity index is 611. The first kappa shape index (κ1) is 12.1. The summed E-state index contributed by atoms with van der Waals surface area (Å²) in [5, 5.41) is 8.59. The van der Waals surface area contributed by atoms with Crippen LogP contribution in [0.4, 0.5) is 4.48 Å². The van der Waals surface area contributed by atoms with Gasteiger partial charge in [0.25, 0.3) is 0 Å². The van der Waals surface area contributed by atoms with Crippen molar-refractivity contribution in [2.75, 3.05) is 0 Å². The monoisotopic (exact) mass is 244 g/mol. The smallest absolute Gasteiger partial charge is 0.341 e. The molecule has 0 radical (unpaired) electrons. The number of carbonyl (C=O) groups is 1. The minimum Gasteiger partial charge on any atom is -0.477 e. The van der Waals surface area contributed by atoms with Crippen molar-refractivity contribution >= 4 is 29.4 Å². The van der Waals surface area contributed by atoms with E-state index in [0.717, 1.165) is 0 Å². The average Bonchev–Trinajstić information content (AvgIpc) is 2.23. The molecule has 5 nitrogen and oxygen atoms in total. The van der Waals surface area contributed by atoms with E-state index in [9.17, 15) is 14.1 Å². The average molecular weight is 245 g/mol. The zero-order chi connectivity index (χ0) is 11.0. The molecule has 0 amide bonds. The van der Waals surface area contributed by atoms with Crippen molar-refractivity contribution in [3.63, 3.8) is 0 Å². The molecule has 1 N–H and O–H groups in total. The van der Waals surface area contributed by atoms with Crippen molar-refractivity contribution in [2.24, 2.45) is 0 Å². The van der Waals surface area contributed by atoms with Gasteiger partial charge in [-0.2, -0.15) is 4.79 Å². The first-order valence-electron chi connectivity index (χ1n) is 4.01. The van der Waals surface area contributed by atoms with Gasteiger partial charge >= 0.3 is 5.97 Å². The Hall–Kier alpha value is -1.95. The molecule has 0 spiro atoms. The third kappa shape index (κ3) is 1.74. The number of hydrogen-bond donors (Lipinski definition) is 1. The van der Waals surface area contributed by atoms with E-state index in [4.69, 9.17) is 5.11 Å². The standard InChI is InChI=1S/C9H5FN2O3.ClH/c10-12-4-6(9(14)15)7(13)5-2-1-3-11-8(5)12;/h1-4H,(H,14,15);1H. The SMILES string of the molecule is Cl.O=C(O)c1cn(F)c2ncccc2c1=O. The van der Waals surface area contributed by atoms with Crippen molar-refractivity contribution in [2.45, 2.75) is 0 Å². The molecule has 0 atom stereocenters. The van der Waals surface area contributed by atoms with Crippen molar-refractivity contribution in [3.8, 4) is 0 Å². The molecule has 0 aromatic carbocycles. The van der Waals surface area contributed by atoms with E-state index < -0.39 is 17.0 Å². The van der Waals surface area contributed by atoms with E-state index in [2.05, 4.69) is 4.98 Å². The van der Waals surface area contributed by atoms with E-state index in [1.165, 1.54) is 18.3 Å². The molecular weight excluding hydrogens is 239 g/mol. The van der Waals surface area contributed by atoms with Gasteiger partial charge < -0.3 is 5.11 Å². The summed E-state index contributed by atoms with van der Waals surface area (Å²) in [6.45, 7) is 0.